The van der Waals surface area contributed by atoms with E-state index < -0.39 is 59.8 Å². The Bertz CT molecular complexity index is 1110. The van der Waals surface area contributed by atoms with Gasteiger partial charge in [0.1, 0.15) is 30.5 Å². The first-order valence-electron chi connectivity index (χ1n) is 24.4. The largest absolute Gasteiger partial charge is 0.457 e. The van der Waals surface area contributed by atoms with Crippen molar-refractivity contribution in [1.82, 2.24) is 0 Å². The standard InChI is InChI=1S/C47H90O12S/c1-3-5-7-9-11-13-15-17-19-21-23-25-27-29-31-33-35-37-55-39-41(40-56-47-45(51)46(59-60(52,53)54)44(50)42(38-48)58-47)57-43(49)36-34-32-30-28-26-24-22-20-18-16-14-12-10-8-6-4-2/h19,21,41-42,44-48,50-51H,3-18,20,22-40H2,1-2H3,(H,52,53,54)/b21-19-. The third-order valence-electron chi connectivity index (χ3n) is 11.4. The van der Waals surface area contributed by atoms with Gasteiger partial charge in [-0.3, -0.25) is 9.35 Å². The summed E-state index contributed by atoms with van der Waals surface area (Å²) < 4.78 is 59.1. The van der Waals surface area contributed by atoms with Crippen molar-refractivity contribution in [3.05, 3.63) is 12.2 Å². The topological polar surface area (TPSA) is 178 Å². The van der Waals surface area contributed by atoms with E-state index in [0.29, 0.717) is 13.0 Å². The van der Waals surface area contributed by atoms with Crippen LogP contribution in [-0.2, 0) is 38.3 Å². The molecule has 0 saturated carbocycles. The second kappa shape index (κ2) is 39.4. The van der Waals surface area contributed by atoms with E-state index in [1.807, 2.05) is 0 Å². The number of esters is 1. The van der Waals surface area contributed by atoms with Crippen molar-refractivity contribution < 1.29 is 56.2 Å². The lowest BCUT2D eigenvalue weighted by atomic mass is 9.99. The number of carbonyl (C=O) groups is 1. The second-order valence-corrected chi connectivity index (χ2v) is 18.1. The highest BCUT2D eigenvalue weighted by atomic mass is 32.3. The number of hydrogen-bond donors (Lipinski definition) is 4. The van der Waals surface area contributed by atoms with Gasteiger partial charge < -0.3 is 34.3 Å². The molecule has 6 unspecified atom stereocenters. The fourth-order valence-electron chi connectivity index (χ4n) is 7.67. The molecule has 13 heteroatoms. The van der Waals surface area contributed by atoms with Gasteiger partial charge in [0.05, 0.1) is 19.8 Å². The molecule has 1 heterocycles. The van der Waals surface area contributed by atoms with Gasteiger partial charge in [0.25, 0.3) is 0 Å². The van der Waals surface area contributed by atoms with Crippen LogP contribution in [0.3, 0.4) is 0 Å². The van der Waals surface area contributed by atoms with E-state index in [1.54, 1.807) is 0 Å². The highest BCUT2D eigenvalue weighted by Gasteiger charge is 2.48. The molecule has 1 saturated heterocycles. The third-order valence-corrected chi connectivity index (χ3v) is 11.9. The lowest BCUT2D eigenvalue weighted by Crippen LogP contribution is -2.60. The molecule has 0 aromatic rings. The zero-order valence-electron chi connectivity index (χ0n) is 38.0. The average Bonchev–Trinajstić information content (AvgIpc) is 3.22. The van der Waals surface area contributed by atoms with Crippen molar-refractivity contribution in [2.75, 3.05) is 26.4 Å². The average molecular weight is 879 g/mol. The van der Waals surface area contributed by atoms with Gasteiger partial charge in [-0.15, -0.1) is 0 Å². The number of aliphatic hydroxyl groups is 3. The predicted octanol–water partition coefficient (Wildman–Crippen LogP) is 10.6. The first-order chi connectivity index (χ1) is 29.1. The third kappa shape index (κ3) is 32.5. The summed E-state index contributed by atoms with van der Waals surface area (Å²) in [7, 11) is -5.06. The van der Waals surface area contributed by atoms with Gasteiger partial charge in [-0.25, -0.2) is 4.18 Å². The molecule has 0 aromatic carbocycles. The molecule has 1 fully saturated rings. The molecule has 1 aliphatic rings. The summed E-state index contributed by atoms with van der Waals surface area (Å²) in [5.74, 6) is -0.397. The van der Waals surface area contributed by atoms with Gasteiger partial charge >= 0.3 is 16.4 Å². The summed E-state index contributed by atoms with van der Waals surface area (Å²) in [6, 6.07) is 0. The van der Waals surface area contributed by atoms with E-state index in [4.69, 9.17) is 18.9 Å². The maximum atomic E-state index is 12.9. The van der Waals surface area contributed by atoms with E-state index in [-0.39, 0.29) is 19.6 Å². The van der Waals surface area contributed by atoms with Crippen LogP contribution in [-0.4, -0.2) is 97.5 Å². The molecule has 0 spiro atoms. The Kier molecular flexibility index (Phi) is 37.4. The molecule has 0 aliphatic carbocycles. The van der Waals surface area contributed by atoms with Crippen molar-refractivity contribution in [1.29, 1.82) is 0 Å². The fraction of sp³-hybridized carbons (Fsp3) is 0.936. The number of rotatable bonds is 43. The van der Waals surface area contributed by atoms with Gasteiger partial charge in [0.15, 0.2) is 6.29 Å². The molecule has 6 atom stereocenters. The highest BCUT2D eigenvalue weighted by molar-refractivity contribution is 7.80. The first-order valence-corrected chi connectivity index (χ1v) is 25.8. The number of allylic oxidation sites excluding steroid dienone is 2. The van der Waals surface area contributed by atoms with E-state index in [9.17, 15) is 33.1 Å². The minimum atomic E-state index is -5.06. The normalized spacial score (nSPS) is 20.3. The number of aliphatic hydroxyl groups excluding tert-OH is 3. The molecular formula is C47H90O12S. The minimum absolute atomic E-state index is 0.0374. The molecule has 0 bridgehead atoms. The number of ether oxygens (including phenoxy) is 4. The van der Waals surface area contributed by atoms with E-state index >= 15 is 0 Å². The lowest BCUT2D eigenvalue weighted by Gasteiger charge is -2.41. The van der Waals surface area contributed by atoms with Crippen molar-refractivity contribution in [2.45, 2.75) is 256 Å². The predicted molar refractivity (Wildman–Crippen MR) is 239 cm³/mol. The van der Waals surface area contributed by atoms with E-state index in [1.165, 1.54) is 148 Å². The van der Waals surface area contributed by atoms with Gasteiger partial charge in [0, 0.05) is 13.0 Å². The summed E-state index contributed by atoms with van der Waals surface area (Å²) >= 11 is 0. The Labute approximate surface area is 366 Å². The Morgan fingerprint density at radius 1 is 0.617 bits per heavy atom. The lowest BCUT2D eigenvalue weighted by molar-refractivity contribution is -0.301. The molecule has 1 aliphatic heterocycles. The Hall–Kier alpha value is -1.16. The van der Waals surface area contributed by atoms with Gasteiger partial charge in [0.2, 0.25) is 0 Å². The smallest absolute Gasteiger partial charge is 0.397 e. The van der Waals surface area contributed by atoms with Crippen molar-refractivity contribution in [2.24, 2.45) is 0 Å². The number of carbonyl (C=O) groups excluding carboxylic acids is 1. The molecule has 12 nitrogen and oxygen atoms in total. The molecular weight excluding hydrogens is 789 g/mol. The molecule has 1 rings (SSSR count). The maximum absolute atomic E-state index is 12.9. The van der Waals surface area contributed by atoms with Crippen LogP contribution in [0.4, 0.5) is 0 Å². The maximum Gasteiger partial charge on any atom is 0.397 e. The summed E-state index contributed by atoms with van der Waals surface area (Å²) in [5, 5.41) is 30.7. The molecule has 4 N–H and O–H groups in total. The van der Waals surface area contributed by atoms with Crippen molar-refractivity contribution in [3.63, 3.8) is 0 Å². The van der Waals surface area contributed by atoms with Crippen LogP contribution in [0, 0.1) is 0 Å². The van der Waals surface area contributed by atoms with Crippen LogP contribution < -0.4 is 0 Å². The Balaban J connectivity index is 2.39. The SMILES string of the molecule is CCCCCCCCC/C=C\CCCCCCCCOCC(COC1OC(CO)C(O)C(OS(=O)(=O)O)C1O)OC(=O)CCCCCCCCCCCCCCCCCC. The van der Waals surface area contributed by atoms with Crippen LogP contribution in [0.1, 0.15) is 219 Å². The Morgan fingerprint density at radius 2 is 1.05 bits per heavy atom. The van der Waals surface area contributed by atoms with E-state index in [0.717, 1.165) is 44.9 Å². The van der Waals surface area contributed by atoms with Crippen LogP contribution in [0.25, 0.3) is 0 Å². The molecule has 356 valence electrons. The Morgan fingerprint density at radius 3 is 1.50 bits per heavy atom. The van der Waals surface area contributed by atoms with Crippen LogP contribution in [0.15, 0.2) is 12.2 Å². The molecule has 0 radical (unpaired) electrons. The summed E-state index contributed by atoms with van der Waals surface area (Å²) in [6.45, 7) is 4.01. The molecule has 0 aromatic heterocycles. The first kappa shape index (κ1) is 56.9. The van der Waals surface area contributed by atoms with Gasteiger partial charge in [-0.2, -0.15) is 8.42 Å². The monoisotopic (exact) mass is 879 g/mol. The highest BCUT2D eigenvalue weighted by Crippen LogP contribution is 2.26. The van der Waals surface area contributed by atoms with Crippen molar-refractivity contribution >= 4 is 16.4 Å². The zero-order chi connectivity index (χ0) is 43.9. The van der Waals surface area contributed by atoms with Gasteiger partial charge in [-0.1, -0.05) is 187 Å². The van der Waals surface area contributed by atoms with E-state index in [2.05, 4.69) is 30.2 Å². The molecule has 60 heavy (non-hydrogen) atoms. The fourth-order valence-corrected chi connectivity index (χ4v) is 8.18. The van der Waals surface area contributed by atoms with Crippen LogP contribution in [0.5, 0.6) is 0 Å². The number of unbranched alkanes of at least 4 members (excludes halogenated alkanes) is 28. The number of hydrogen-bond acceptors (Lipinski definition) is 11. The van der Waals surface area contributed by atoms with Crippen molar-refractivity contribution in [3.8, 4) is 0 Å². The van der Waals surface area contributed by atoms with Crippen LogP contribution in [0.2, 0.25) is 0 Å². The zero-order valence-corrected chi connectivity index (χ0v) is 38.9. The summed E-state index contributed by atoms with van der Waals surface area (Å²) in [5.41, 5.74) is 0. The quantitative estimate of drug-likeness (QED) is 0.0197. The summed E-state index contributed by atoms with van der Waals surface area (Å²) in [4.78, 5) is 12.9. The second-order valence-electron chi connectivity index (χ2n) is 17.1. The molecule has 0 amide bonds. The van der Waals surface area contributed by atoms with Gasteiger partial charge in [-0.05, 0) is 38.5 Å². The van der Waals surface area contributed by atoms with Crippen LogP contribution >= 0.6 is 0 Å². The summed E-state index contributed by atoms with van der Waals surface area (Å²) in [6.07, 6.45) is 33.8. The minimum Gasteiger partial charge on any atom is -0.457 e.